The zero-order valence-electron chi connectivity index (χ0n) is 29.7. The number of alkyl halides is 2. The molecule has 1 saturated heterocycles. The van der Waals surface area contributed by atoms with Crippen molar-refractivity contribution in [2.75, 3.05) is 12.5 Å². The van der Waals surface area contributed by atoms with Crippen molar-refractivity contribution < 1.29 is 4.74 Å². The monoisotopic (exact) mass is 705 g/mol. The number of rotatable bonds is 9. The number of aryl methyl sites for hydroxylation is 1. The number of halogens is 2. The third-order valence-electron chi connectivity index (χ3n) is 12.8. The Morgan fingerprint density at radius 3 is 2.02 bits per heavy atom. The van der Waals surface area contributed by atoms with E-state index in [0.29, 0.717) is 5.88 Å². The van der Waals surface area contributed by atoms with E-state index in [9.17, 15) is 0 Å². The van der Waals surface area contributed by atoms with Gasteiger partial charge in [0, 0.05) is 35.8 Å². The molecule has 5 heteroatoms. The number of para-hydroxylation sites is 1. The van der Waals surface area contributed by atoms with E-state index in [1.807, 2.05) is 0 Å². The second-order valence-electron chi connectivity index (χ2n) is 16.1. The number of hydrogen-bond donors (Lipinski definition) is 0. The Bertz CT molecular complexity index is 2000. The van der Waals surface area contributed by atoms with Gasteiger partial charge in [0.2, 0.25) is 0 Å². The molecular formula is C44H49Cl2NOSi-. The number of fused-ring (bicyclic) bond motifs is 12. The molecule has 4 aromatic carbocycles. The quantitative estimate of drug-likeness (QED) is 0.0845. The molecule has 0 bridgehead atoms. The molecule has 4 atom stereocenters. The molecule has 1 aromatic heterocycles. The lowest BCUT2D eigenvalue weighted by molar-refractivity contribution is -0.00471. The van der Waals surface area contributed by atoms with E-state index in [4.69, 9.17) is 27.9 Å². The van der Waals surface area contributed by atoms with Gasteiger partial charge in [-0.1, -0.05) is 143 Å². The van der Waals surface area contributed by atoms with Crippen molar-refractivity contribution in [2.45, 2.75) is 86.5 Å². The zero-order chi connectivity index (χ0) is 34.2. The fourth-order valence-corrected chi connectivity index (χ4v) is 19.2. The SMILES string of the molecule is Cn1c2c(c3ccccc31)C1(CC(C(Cl)CCl)C3(c4ccccc4-c4ccccc43)[Si-]1(C)CCCCCCOC(C)(C)C)c1ccccc1-2. The van der Waals surface area contributed by atoms with Crippen LogP contribution in [0.25, 0.3) is 33.3 Å². The first kappa shape index (κ1) is 33.3. The summed E-state index contributed by atoms with van der Waals surface area (Å²) in [6.45, 7) is 10.1. The van der Waals surface area contributed by atoms with Gasteiger partial charge in [-0.3, -0.25) is 0 Å². The Morgan fingerprint density at radius 2 is 1.37 bits per heavy atom. The molecule has 5 aromatic rings. The molecular weight excluding hydrogens is 657 g/mol. The minimum atomic E-state index is -2.56. The molecule has 3 aliphatic rings. The Hall–Kier alpha value is -2.82. The third-order valence-corrected chi connectivity index (χ3v) is 20.3. The first-order chi connectivity index (χ1) is 23.6. The summed E-state index contributed by atoms with van der Waals surface area (Å²) < 4.78 is 8.60. The van der Waals surface area contributed by atoms with Gasteiger partial charge < -0.3 is 9.30 Å². The minimum Gasteiger partial charge on any atom is -0.376 e. The van der Waals surface area contributed by atoms with Gasteiger partial charge in [0.05, 0.1) is 11.3 Å². The number of aromatic nitrogens is 1. The average molecular weight is 707 g/mol. The average Bonchev–Trinajstić information content (AvgIpc) is 3.76. The predicted molar refractivity (Wildman–Crippen MR) is 211 cm³/mol. The maximum absolute atomic E-state index is 7.67. The van der Waals surface area contributed by atoms with E-state index in [0.717, 1.165) is 19.4 Å². The smallest absolute Gasteiger partial charge is 0.0598 e. The maximum Gasteiger partial charge on any atom is 0.0598 e. The molecule has 0 saturated carbocycles. The highest BCUT2D eigenvalue weighted by Gasteiger charge is 2.68. The van der Waals surface area contributed by atoms with E-state index in [-0.39, 0.29) is 27.0 Å². The van der Waals surface area contributed by atoms with E-state index in [1.165, 1.54) is 75.3 Å². The topological polar surface area (TPSA) is 14.2 Å². The molecule has 0 amide bonds. The number of nitrogens with zero attached hydrogens (tertiary/aromatic N) is 1. The van der Waals surface area contributed by atoms with Crippen molar-refractivity contribution in [3.63, 3.8) is 0 Å². The van der Waals surface area contributed by atoms with Crippen LogP contribution in [-0.2, 0) is 21.9 Å². The summed E-state index contributed by atoms with van der Waals surface area (Å²) in [4.78, 5) is 0. The van der Waals surface area contributed by atoms with E-state index in [2.05, 4.69) is 136 Å². The van der Waals surface area contributed by atoms with Crippen LogP contribution < -0.4 is 0 Å². The van der Waals surface area contributed by atoms with E-state index < -0.39 is 8.07 Å². The Labute approximate surface area is 303 Å². The highest BCUT2D eigenvalue weighted by Crippen LogP contribution is 2.74. The fraction of sp³-hybridized carbons (Fsp3) is 0.409. The third kappa shape index (κ3) is 4.54. The highest BCUT2D eigenvalue weighted by atomic mass is 35.5. The van der Waals surface area contributed by atoms with Gasteiger partial charge in [-0.2, -0.15) is 12.6 Å². The van der Waals surface area contributed by atoms with Crippen molar-refractivity contribution in [3.8, 4) is 22.4 Å². The summed E-state index contributed by atoms with van der Waals surface area (Å²) in [5, 5.41) is 0.918. The van der Waals surface area contributed by atoms with Gasteiger partial charge in [-0.05, 0) is 61.4 Å². The molecule has 4 unspecified atom stereocenters. The van der Waals surface area contributed by atoms with Crippen LogP contribution >= 0.6 is 23.2 Å². The van der Waals surface area contributed by atoms with Gasteiger partial charge in [-0.15, -0.1) is 31.3 Å². The molecule has 8 rings (SSSR count). The summed E-state index contributed by atoms with van der Waals surface area (Å²) in [6, 6.07) is 38.4. The van der Waals surface area contributed by atoms with Crippen LogP contribution in [0, 0.1) is 5.92 Å². The second-order valence-corrected chi connectivity index (χ2v) is 21.8. The second kappa shape index (κ2) is 12.2. The molecule has 1 aliphatic heterocycles. The normalized spacial score (nSPS) is 23.6. The number of ether oxygens (including phenoxy) is 1. The summed E-state index contributed by atoms with van der Waals surface area (Å²) >= 11 is 14.6. The van der Waals surface area contributed by atoms with Crippen LogP contribution in [0.4, 0.5) is 0 Å². The lowest BCUT2D eigenvalue weighted by Crippen LogP contribution is -2.62. The van der Waals surface area contributed by atoms with E-state index in [1.54, 1.807) is 5.56 Å². The zero-order valence-corrected chi connectivity index (χ0v) is 32.2. The summed E-state index contributed by atoms with van der Waals surface area (Å²) in [5.74, 6) is 0.628. The van der Waals surface area contributed by atoms with Crippen molar-refractivity contribution in [3.05, 3.63) is 119 Å². The van der Waals surface area contributed by atoms with Gasteiger partial charge >= 0.3 is 0 Å². The van der Waals surface area contributed by atoms with Crippen LogP contribution in [0.3, 0.4) is 0 Å². The number of unbranched alkanes of at least 4 members (excludes halogenated alkanes) is 3. The van der Waals surface area contributed by atoms with Crippen molar-refractivity contribution >= 4 is 42.2 Å². The maximum atomic E-state index is 7.67. The van der Waals surface area contributed by atoms with Gasteiger partial charge in [0.15, 0.2) is 0 Å². The first-order valence-corrected chi connectivity index (χ1v) is 22.0. The Kier molecular flexibility index (Phi) is 8.27. The predicted octanol–water partition coefficient (Wildman–Crippen LogP) is 11.8. The number of hydrogen-bond acceptors (Lipinski definition) is 1. The molecule has 1 fully saturated rings. The molecule has 49 heavy (non-hydrogen) atoms. The first-order valence-electron chi connectivity index (χ1n) is 18.3. The van der Waals surface area contributed by atoms with Gasteiger partial charge in [0.1, 0.15) is 0 Å². The van der Waals surface area contributed by atoms with Gasteiger partial charge in [0.25, 0.3) is 0 Å². The molecule has 2 nitrogen and oxygen atoms in total. The molecule has 0 radical (unpaired) electrons. The molecule has 255 valence electrons. The number of benzene rings is 4. The Balaban J connectivity index is 1.39. The fourth-order valence-electron chi connectivity index (χ4n) is 11.1. The molecule has 0 N–H and O–H groups in total. The largest absolute Gasteiger partial charge is 0.376 e. The van der Waals surface area contributed by atoms with E-state index >= 15 is 0 Å². The summed E-state index contributed by atoms with van der Waals surface area (Å²) in [5.41, 5.74) is 12.9. The molecule has 2 aliphatic carbocycles. The van der Waals surface area contributed by atoms with Crippen LogP contribution in [0.5, 0.6) is 0 Å². The van der Waals surface area contributed by atoms with Crippen LogP contribution in [0.2, 0.25) is 12.6 Å². The lowest BCUT2D eigenvalue weighted by atomic mass is 9.75. The van der Waals surface area contributed by atoms with Crippen molar-refractivity contribution in [1.82, 2.24) is 4.57 Å². The lowest BCUT2D eigenvalue weighted by Gasteiger charge is -2.62. The minimum absolute atomic E-state index is 0.0895. The van der Waals surface area contributed by atoms with Crippen LogP contribution in [-0.4, -0.2) is 36.1 Å². The van der Waals surface area contributed by atoms with Crippen molar-refractivity contribution in [2.24, 2.45) is 13.0 Å². The highest BCUT2D eigenvalue weighted by molar-refractivity contribution is 6.87. The van der Waals surface area contributed by atoms with Gasteiger partial charge in [-0.25, -0.2) is 0 Å². The van der Waals surface area contributed by atoms with Crippen LogP contribution in [0.1, 0.15) is 75.1 Å². The summed E-state index contributed by atoms with van der Waals surface area (Å²) in [7, 11) is -0.279. The summed E-state index contributed by atoms with van der Waals surface area (Å²) in [6.07, 6.45) is 5.71. The van der Waals surface area contributed by atoms with Crippen LogP contribution in [0.15, 0.2) is 97.1 Å². The molecule has 2 spiro atoms. The standard InChI is InChI=1S/C44H49Cl2NOSi/c1-42(2,3)48-26-16-6-7-17-27-49(5)43(34-22-12-10-20-32(34)41-40(43)33-21-11-15-25-39(33)47(41)4)28-37(38(46)29-45)44(49)35-23-13-8-18-30(35)31-19-9-14-24-36(31)44/h8-15,18-25,37-38H,6-7,16-17,26-29H2,1-5H3/q-1. The molecule has 2 heterocycles. The van der Waals surface area contributed by atoms with Crippen molar-refractivity contribution in [1.29, 1.82) is 0 Å². The Morgan fingerprint density at radius 1 is 0.796 bits per heavy atom.